The quantitative estimate of drug-likeness (QED) is 0.858. The molecule has 0 fully saturated rings. The smallest absolute Gasteiger partial charge is 0.149 e. The van der Waals surface area contributed by atoms with Crippen LogP contribution in [0.1, 0.15) is 6.92 Å². The first-order chi connectivity index (χ1) is 9.29. The van der Waals surface area contributed by atoms with Gasteiger partial charge in [-0.15, -0.1) is 0 Å². The van der Waals surface area contributed by atoms with Crippen molar-refractivity contribution in [2.45, 2.75) is 13.0 Å². The number of sulfone groups is 1. The zero-order chi connectivity index (χ0) is 14.9. The lowest BCUT2D eigenvalue weighted by molar-refractivity contribution is 0.592. The second-order valence-electron chi connectivity index (χ2n) is 4.88. The second kappa shape index (κ2) is 5.32. The maximum Gasteiger partial charge on any atom is 0.149 e. The number of benzene rings is 1. The normalized spacial score (nSPS) is 13.4. The molecule has 0 N–H and O–H groups in total. The summed E-state index contributed by atoms with van der Waals surface area (Å²) in [6.45, 7) is 1.76. The van der Waals surface area contributed by atoms with Crippen LogP contribution >= 0.6 is 0 Å². The molecule has 1 atom stereocenters. The molecule has 1 aromatic carbocycles. The summed E-state index contributed by atoms with van der Waals surface area (Å²) in [5.41, 5.74) is 0.494. The van der Waals surface area contributed by atoms with Crippen LogP contribution in [0.3, 0.4) is 0 Å². The summed E-state index contributed by atoms with van der Waals surface area (Å²) in [5.74, 6) is -0.0514. The van der Waals surface area contributed by atoms with Crippen molar-refractivity contribution in [2.24, 2.45) is 0 Å². The number of fused-ring (bicyclic) bond motifs is 1. The Balaban J connectivity index is 2.47. The third kappa shape index (κ3) is 3.04. The molecule has 1 heterocycles. The lowest BCUT2D eigenvalue weighted by Crippen LogP contribution is -2.35. The molecule has 0 saturated heterocycles. The molecule has 0 aliphatic carbocycles. The Hall–Kier alpha value is -1.76. The van der Waals surface area contributed by atoms with Gasteiger partial charge in [-0.2, -0.15) is 0 Å². The minimum Gasteiger partial charge on any atom is -0.355 e. The number of anilines is 1. The summed E-state index contributed by atoms with van der Waals surface area (Å²) < 4.78 is 36.7. The van der Waals surface area contributed by atoms with E-state index in [2.05, 4.69) is 9.97 Å². The highest BCUT2D eigenvalue weighted by atomic mass is 32.2. The SMILES string of the molecule is CC(CS(C)(=O)=O)N(C)c1ncnc2cccc(F)c12. The number of rotatable bonds is 4. The van der Waals surface area contributed by atoms with Crippen molar-refractivity contribution in [1.82, 2.24) is 9.97 Å². The molecule has 0 radical (unpaired) electrons. The first-order valence-corrected chi connectivity index (χ1v) is 8.15. The fraction of sp³-hybridized carbons (Fsp3) is 0.385. The number of hydrogen-bond donors (Lipinski definition) is 0. The Morgan fingerprint density at radius 2 is 2.05 bits per heavy atom. The highest BCUT2D eigenvalue weighted by molar-refractivity contribution is 7.90. The average Bonchev–Trinajstić information content (AvgIpc) is 2.35. The molecule has 2 aromatic rings. The van der Waals surface area contributed by atoms with E-state index in [4.69, 9.17) is 0 Å². The van der Waals surface area contributed by atoms with Crippen molar-refractivity contribution in [3.8, 4) is 0 Å². The summed E-state index contributed by atoms with van der Waals surface area (Å²) in [7, 11) is -1.42. The highest BCUT2D eigenvalue weighted by Crippen LogP contribution is 2.26. The van der Waals surface area contributed by atoms with Crippen LogP contribution in [-0.4, -0.2) is 43.5 Å². The van der Waals surface area contributed by atoms with Gasteiger partial charge in [-0.3, -0.25) is 0 Å². The van der Waals surface area contributed by atoms with E-state index in [1.165, 1.54) is 18.6 Å². The van der Waals surface area contributed by atoms with Crippen LogP contribution in [0, 0.1) is 5.82 Å². The zero-order valence-corrected chi connectivity index (χ0v) is 12.4. The van der Waals surface area contributed by atoms with E-state index >= 15 is 0 Å². The molecule has 1 aromatic heterocycles. The Bertz CT molecular complexity index is 728. The van der Waals surface area contributed by atoms with E-state index < -0.39 is 15.7 Å². The summed E-state index contributed by atoms with van der Waals surface area (Å²) in [6.07, 6.45) is 2.52. The van der Waals surface area contributed by atoms with Gasteiger partial charge in [0.25, 0.3) is 0 Å². The fourth-order valence-electron chi connectivity index (χ4n) is 2.08. The molecule has 1 unspecified atom stereocenters. The molecule has 2 rings (SSSR count). The van der Waals surface area contributed by atoms with E-state index in [1.54, 1.807) is 31.0 Å². The van der Waals surface area contributed by atoms with Gasteiger partial charge in [0.05, 0.1) is 16.7 Å². The van der Waals surface area contributed by atoms with Gasteiger partial charge >= 0.3 is 0 Å². The minimum absolute atomic E-state index is 0.0244. The Labute approximate surface area is 117 Å². The molecule has 0 bridgehead atoms. The molecule has 5 nitrogen and oxygen atoms in total. The molecule has 0 aliphatic rings. The van der Waals surface area contributed by atoms with Gasteiger partial charge in [-0.05, 0) is 19.1 Å². The molecular weight excluding hydrogens is 281 g/mol. The maximum absolute atomic E-state index is 14.0. The van der Waals surface area contributed by atoms with Crippen LogP contribution in [0.15, 0.2) is 24.5 Å². The summed E-state index contributed by atoms with van der Waals surface area (Å²) in [4.78, 5) is 9.78. The largest absolute Gasteiger partial charge is 0.355 e. The van der Waals surface area contributed by atoms with Crippen molar-refractivity contribution in [1.29, 1.82) is 0 Å². The topological polar surface area (TPSA) is 63.2 Å². The van der Waals surface area contributed by atoms with Crippen LogP contribution in [0.2, 0.25) is 0 Å². The van der Waals surface area contributed by atoms with Crippen LogP contribution in [0.4, 0.5) is 10.2 Å². The third-order valence-corrected chi connectivity index (χ3v) is 4.22. The number of nitrogens with zero attached hydrogens (tertiary/aromatic N) is 3. The molecule has 7 heteroatoms. The molecule has 0 spiro atoms. The van der Waals surface area contributed by atoms with Gasteiger partial charge in [0.2, 0.25) is 0 Å². The first kappa shape index (κ1) is 14.6. The van der Waals surface area contributed by atoms with Crippen LogP contribution in [0.25, 0.3) is 10.9 Å². The summed E-state index contributed by atoms with van der Waals surface area (Å²) in [6, 6.07) is 4.29. The standard InChI is InChI=1S/C13H16FN3O2S/c1-9(7-20(3,18)19)17(2)13-12-10(14)5-4-6-11(12)15-8-16-13/h4-6,8-9H,7H2,1-3H3. The first-order valence-electron chi connectivity index (χ1n) is 6.09. The maximum atomic E-state index is 14.0. The third-order valence-electron chi connectivity index (χ3n) is 3.13. The van der Waals surface area contributed by atoms with Crippen molar-refractivity contribution >= 4 is 26.6 Å². The Morgan fingerprint density at radius 3 is 2.70 bits per heavy atom. The Morgan fingerprint density at radius 1 is 1.35 bits per heavy atom. The molecule has 108 valence electrons. The van der Waals surface area contributed by atoms with E-state index in [0.717, 1.165) is 0 Å². The Kier molecular flexibility index (Phi) is 3.89. The predicted molar refractivity (Wildman–Crippen MR) is 77.1 cm³/mol. The van der Waals surface area contributed by atoms with Crippen LogP contribution in [0.5, 0.6) is 0 Å². The minimum atomic E-state index is -3.12. The molecule has 0 aliphatic heterocycles. The van der Waals surface area contributed by atoms with E-state index in [-0.39, 0.29) is 11.8 Å². The van der Waals surface area contributed by atoms with Crippen LogP contribution in [-0.2, 0) is 9.84 Å². The second-order valence-corrected chi connectivity index (χ2v) is 7.07. The van der Waals surface area contributed by atoms with Gasteiger partial charge in [-0.25, -0.2) is 22.8 Å². The van der Waals surface area contributed by atoms with Gasteiger partial charge in [0.15, 0.2) is 0 Å². The molecule has 20 heavy (non-hydrogen) atoms. The van der Waals surface area contributed by atoms with Crippen LogP contribution < -0.4 is 4.90 Å². The van der Waals surface area contributed by atoms with Crippen molar-refractivity contribution in [3.05, 3.63) is 30.3 Å². The van der Waals surface area contributed by atoms with Gasteiger partial charge < -0.3 is 4.90 Å². The van der Waals surface area contributed by atoms with Crippen molar-refractivity contribution in [2.75, 3.05) is 24.0 Å². The number of hydrogen-bond acceptors (Lipinski definition) is 5. The lowest BCUT2D eigenvalue weighted by atomic mass is 10.2. The zero-order valence-electron chi connectivity index (χ0n) is 11.5. The molecule has 0 saturated carbocycles. The van der Waals surface area contributed by atoms with Gasteiger partial charge in [-0.1, -0.05) is 6.07 Å². The monoisotopic (exact) mass is 297 g/mol. The number of aromatic nitrogens is 2. The van der Waals surface area contributed by atoms with E-state index in [1.807, 2.05) is 0 Å². The fourth-order valence-corrected chi connectivity index (χ4v) is 3.18. The predicted octanol–water partition coefficient (Wildman–Crippen LogP) is 1.64. The van der Waals surface area contributed by atoms with Crippen molar-refractivity contribution < 1.29 is 12.8 Å². The molecule has 0 amide bonds. The van der Waals surface area contributed by atoms with Gasteiger partial charge in [0, 0.05) is 19.3 Å². The summed E-state index contributed by atoms with van der Waals surface area (Å²) in [5, 5.41) is 0.304. The van der Waals surface area contributed by atoms with E-state index in [0.29, 0.717) is 16.7 Å². The average molecular weight is 297 g/mol. The summed E-state index contributed by atoms with van der Waals surface area (Å²) >= 11 is 0. The highest BCUT2D eigenvalue weighted by Gasteiger charge is 2.20. The number of halogens is 1. The van der Waals surface area contributed by atoms with E-state index in [9.17, 15) is 12.8 Å². The lowest BCUT2D eigenvalue weighted by Gasteiger charge is -2.26. The molecular formula is C13H16FN3O2S. The van der Waals surface area contributed by atoms with Gasteiger partial charge in [0.1, 0.15) is 27.8 Å². The van der Waals surface area contributed by atoms with Crippen molar-refractivity contribution in [3.63, 3.8) is 0 Å².